The van der Waals surface area contributed by atoms with E-state index in [1.807, 2.05) is 0 Å². The first kappa shape index (κ1) is 23.1. The highest BCUT2D eigenvalue weighted by molar-refractivity contribution is 6.95. The van der Waals surface area contributed by atoms with Crippen LogP contribution in [0.4, 0.5) is 48.3 Å². The van der Waals surface area contributed by atoms with Crippen LogP contribution in [0, 0.1) is 70.9 Å². The van der Waals surface area contributed by atoms with Gasteiger partial charge in [-0.15, -0.1) is 0 Å². The normalized spacial score (nSPS) is 11.2. The van der Waals surface area contributed by atoms with Crippen LogP contribution in [0.1, 0.15) is 5.56 Å². The molecule has 3 aromatic rings. The van der Waals surface area contributed by atoms with E-state index >= 15 is 0 Å². The molecule has 0 saturated heterocycles. The van der Waals surface area contributed by atoms with Gasteiger partial charge in [0.25, 0.3) is 0 Å². The zero-order chi connectivity index (χ0) is 23.4. The van der Waals surface area contributed by atoms with Crippen molar-refractivity contribution >= 4 is 27.4 Å². The number of hydrogen-bond donors (Lipinski definition) is 0. The van der Waals surface area contributed by atoms with E-state index < -0.39 is 97.0 Å². The maximum absolute atomic E-state index is 14.6. The summed E-state index contributed by atoms with van der Waals surface area (Å²) in [7, 11) is 0. The highest BCUT2D eigenvalue weighted by Gasteiger charge is 2.43. The molecular formula is C19H6AlF11. The highest BCUT2D eigenvalue weighted by Crippen LogP contribution is 2.19. The van der Waals surface area contributed by atoms with Gasteiger partial charge >= 0.3 is 14.1 Å². The summed E-state index contributed by atoms with van der Waals surface area (Å²) in [5.41, 5.74) is -0.649. The maximum atomic E-state index is 14.6. The Balaban J connectivity index is 2.56. The quantitative estimate of drug-likeness (QED) is 0.235. The zero-order valence-electron chi connectivity index (χ0n) is 15.0. The molecule has 0 aromatic heterocycles. The molecule has 0 aliphatic rings. The number of aryl methyl sites for hydroxylation is 1. The van der Waals surface area contributed by atoms with Crippen molar-refractivity contribution in [1.29, 1.82) is 0 Å². The molecule has 3 aromatic carbocycles. The van der Waals surface area contributed by atoms with Gasteiger partial charge < -0.3 is 0 Å². The first-order chi connectivity index (χ1) is 14.4. The molecule has 0 bridgehead atoms. The Morgan fingerprint density at radius 3 is 1.13 bits per heavy atom. The lowest BCUT2D eigenvalue weighted by Gasteiger charge is -2.19. The fourth-order valence-corrected chi connectivity index (χ4v) is 6.20. The third kappa shape index (κ3) is 3.68. The van der Waals surface area contributed by atoms with Gasteiger partial charge in [-0.25, -0.2) is 48.3 Å². The van der Waals surface area contributed by atoms with Gasteiger partial charge in [-0.05, 0) is 31.8 Å². The molecule has 3 rings (SSSR count). The lowest BCUT2D eigenvalue weighted by Crippen LogP contribution is -2.59. The molecule has 0 saturated carbocycles. The fraction of sp³-hybridized carbons (Fsp3) is 0.0526. The molecule has 0 fully saturated rings. The van der Waals surface area contributed by atoms with Gasteiger partial charge in [0.1, 0.15) is 23.3 Å². The molecule has 162 valence electrons. The van der Waals surface area contributed by atoms with E-state index in [-0.39, 0.29) is 12.1 Å². The molecule has 0 unspecified atom stereocenters. The minimum Gasteiger partial charge on any atom is -0.208 e. The van der Waals surface area contributed by atoms with E-state index in [0.717, 1.165) is 6.92 Å². The van der Waals surface area contributed by atoms with Gasteiger partial charge in [0, 0.05) is 12.1 Å². The number of rotatable bonds is 3. The first-order valence-electron chi connectivity index (χ1n) is 8.18. The predicted octanol–water partition coefficient (Wildman–Crippen LogP) is 4.04. The predicted molar refractivity (Wildman–Crippen MR) is 88.3 cm³/mol. The smallest absolute Gasteiger partial charge is 0.208 e. The van der Waals surface area contributed by atoms with Crippen molar-refractivity contribution in [2.75, 3.05) is 0 Å². The zero-order valence-corrected chi connectivity index (χ0v) is 16.1. The summed E-state index contributed by atoms with van der Waals surface area (Å²) in [6.45, 7) is 0.888. The summed E-state index contributed by atoms with van der Waals surface area (Å²) >= 11 is -4.99. The molecule has 0 amide bonds. The van der Waals surface area contributed by atoms with Crippen LogP contribution in [0.15, 0.2) is 18.2 Å². The van der Waals surface area contributed by atoms with Crippen molar-refractivity contribution in [2.24, 2.45) is 0 Å². The highest BCUT2D eigenvalue weighted by atomic mass is 27.2. The van der Waals surface area contributed by atoms with Crippen LogP contribution in [0.3, 0.4) is 0 Å². The molecule has 12 heteroatoms. The van der Waals surface area contributed by atoms with Crippen molar-refractivity contribution in [3.8, 4) is 0 Å². The van der Waals surface area contributed by atoms with E-state index in [0.29, 0.717) is 6.07 Å². The second-order valence-electron chi connectivity index (χ2n) is 6.41. The number of hydrogen-bond acceptors (Lipinski definition) is 0. The van der Waals surface area contributed by atoms with Crippen LogP contribution in [0.25, 0.3) is 0 Å². The van der Waals surface area contributed by atoms with E-state index in [1.54, 1.807) is 0 Å². The van der Waals surface area contributed by atoms with Gasteiger partial charge in [0.2, 0.25) is 0 Å². The summed E-state index contributed by atoms with van der Waals surface area (Å²) < 4.78 is 150. The minimum atomic E-state index is -4.99. The second-order valence-corrected chi connectivity index (χ2v) is 9.01. The third-order valence-electron chi connectivity index (χ3n) is 4.54. The molecule has 0 aliphatic carbocycles. The van der Waals surface area contributed by atoms with E-state index in [2.05, 4.69) is 0 Å². The Labute approximate surface area is 170 Å². The average Bonchev–Trinajstić information content (AvgIpc) is 2.68. The number of halogens is 11. The summed E-state index contributed by atoms with van der Waals surface area (Å²) in [4.78, 5) is 0. The number of benzene rings is 3. The Morgan fingerprint density at radius 2 is 0.742 bits per heavy atom. The van der Waals surface area contributed by atoms with Crippen LogP contribution in [0.5, 0.6) is 0 Å². The van der Waals surface area contributed by atoms with Crippen LogP contribution in [-0.4, -0.2) is 14.1 Å². The summed E-state index contributed by atoms with van der Waals surface area (Å²) in [5, 5.41) is 0. The van der Waals surface area contributed by atoms with Gasteiger partial charge in [0.05, 0.1) is 0 Å². The molecule has 0 spiro atoms. The van der Waals surface area contributed by atoms with Crippen LogP contribution in [0.2, 0.25) is 0 Å². The lowest BCUT2D eigenvalue weighted by atomic mass is 10.2. The Kier molecular flexibility index (Phi) is 6.08. The Bertz CT molecular complexity index is 1070. The van der Waals surface area contributed by atoms with Crippen molar-refractivity contribution in [3.63, 3.8) is 0 Å². The van der Waals surface area contributed by atoms with Crippen molar-refractivity contribution in [2.45, 2.75) is 6.92 Å². The Morgan fingerprint density at radius 1 is 0.419 bits per heavy atom. The summed E-state index contributed by atoms with van der Waals surface area (Å²) in [6.07, 6.45) is 0. The standard InChI is InChI=1S/C7H4F3.2C6HF4.Al/c1-4-2-5(8)3-6(9)7(4)10;2*7-3-1-4(8)6(10)5(9)2-3;/h2H,1H3;2*1H;. The van der Waals surface area contributed by atoms with Crippen molar-refractivity contribution in [3.05, 3.63) is 87.8 Å². The molecule has 0 heterocycles. The third-order valence-corrected chi connectivity index (χ3v) is 7.86. The largest absolute Gasteiger partial charge is 0.412 e. The SMILES string of the molecule is Cc1cc(F)[c]([Al]([c]2c(F)cc(F)c(F)c2F)[c]2c(F)cc(F)c(F)c2F)c(F)c1F. The van der Waals surface area contributed by atoms with E-state index in [4.69, 9.17) is 0 Å². The average molecular weight is 470 g/mol. The topological polar surface area (TPSA) is 0 Å². The molecule has 0 aliphatic heterocycles. The molecule has 0 N–H and O–H groups in total. The van der Waals surface area contributed by atoms with E-state index in [1.165, 1.54) is 0 Å². The van der Waals surface area contributed by atoms with Crippen LogP contribution in [-0.2, 0) is 0 Å². The molecular weight excluding hydrogens is 464 g/mol. The monoisotopic (exact) mass is 470 g/mol. The van der Waals surface area contributed by atoms with Gasteiger partial charge in [-0.2, -0.15) is 0 Å². The van der Waals surface area contributed by atoms with E-state index in [9.17, 15) is 48.3 Å². The Hall–Kier alpha value is -2.58. The molecule has 0 radical (unpaired) electrons. The molecule has 0 atom stereocenters. The van der Waals surface area contributed by atoms with Gasteiger partial charge in [0.15, 0.2) is 40.7 Å². The van der Waals surface area contributed by atoms with Crippen molar-refractivity contribution < 1.29 is 48.3 Å². The van der Waals surface area contributed by atoms with Crippen molar-refractivity contribution in [1.82, 2.24) is 0 Å². The second kappa shape index (κ2) is 8.17. The van der Waals surface area contributed by atoms with Crippen LogP contribution < -0.4 is 13.3 Å². The van der Waals surface area contributed by atoms with Gasteiger partial charge in [-0.1, -0.05) is 0 Å². The van der Waals surface area contributed by atoms with Crippen LogP contribution >= 0.6 is 0 Å². The summed E-state index contributed by atoms with van der Waals surface area (Å²) in [6, 6.07) is -0.229. The first-order valence-corrected chi connectivity index (χ1v) is 9.91. The van der Waals surface area contributed by atoms with Gasteiger partial charge in [-0.3, -0.25) is 0 Å². The fourth-order valence-electron chi connectivity index (χ4n) is 3.11. The molecule has 31 heavy (non-hydrogen) atoms. The minimum absolute atomic E-state index is 0.274. The summed E-state index contributed by atoms with van der Waals surface area (Å²) in [5.74, 6) is -23.5. The lowest BCUT2D eigenvalue weighted by molar-refractivity contribution is 0.438. The maximum Gasteiger partial charge on any atom is 0.412 e. The molecule has 0 nitrogen and oxygen atoms in total.